The van der Waals surface area contributed by atoms with Gasteiger partial charge in [0.05, 0.1) is 12.8 Å². The van der Waals surface area contributed by atoms with Crippen LogP contribution in [0.5, 0.6) is 5.75 Å². The van der Waals surface area contributed by atoms with E-state index in [0.717, 1.165) is 0 Å². The number of aromatic nitrogens is 3. The highest BCUT2D eigenvalue weighted by Gasteiger charge is 2.10. The maximum atomic E-state index is 13.1. The molecule has 0 radical (unpaired) electrons. The monoisotopic (exact) mass is 297 g/mol. The van der Waals surface area contributed by atoms with Gasteiger partial charge >= 0.3 is 0 Å². The number of rotatable bonds is 4. The highest BCUT2D eigenvalue weighted by Crippen LogP contribution is 2.27. The Labute approximate surface area is 120 Å². The fraction of sp³-hybridized carbons (Fsp3) is 0.250. The highest BCUT2D eigenvalue weighted by atomic mass is 35.5. The van der Waals surface area contributed by atoms with Crippen LogP contribution in [0.1, 0.15) is 0 Å². The zero-order valence-corrected chi connectivity index (χ0v) is 11.9. The summed E-state index contributed by atoms with van der Waals surface area (Å²) in [6.45, 7) is 0. The van der Waals surface area contributed by atoms with Crippen molar-refractivity contribution in [3.63, 3.8) is 0 Å². The summed E-state index contributed by atoms with van der Waals surface area (Å²) in [6.07, 6.45) is 0. The van der Waals surface area contributed by atoms with Crippen molar-refractivity contribution in [1.29, 1.82) is 0 Å². The molecule has 106 valence electrons. The second kappa shape index (κ2) is 5.87. The van der Waals surface area contributed by atoms with Gasteiger partial charge in [0.2, 0.25) is 17.2 Å². The Morgan fingerprint density at radius 1 is 1.25 bits per heavy atom. The molecule has 1 heterocycles. The molecule has 2 aromatic rings. The Morgan fingerprint density at radius 2 is 2.00 bits per heavy atom. The predicted octanol–water partition coefficient (Wildman–Crippen LogP) is 2.48. The summed E-state index contributed by atoms with van der Waals surface area (Å²) in [6, 6.07) is 4.10. The number of nitrogens with zero attached hydrogens (tertiary/aromatic N) is 4. The van der Waals surface area contributed by atoms with Gasteiger partial charge in [0, 0.05) is 20.2 Å². The third-order valence-electron chi connectivity index (χ3n) is 2.41. The molecule has 6 nitrogen and oxygen atoms in total. The topological polar surface area (TPSA) is 63.2 Å². The summed E-state index contributed by atoms with van der Waals surface area (Å²) < 4.78 is 18.2. The van der Waals surface area contributed by atoms with Gasteiger partial charge in [0.25, 0.3) is 0 Å². The summed E-state index contributed by atoms with van der Waals surface area (Å²) >= 11 is 5.84. The number of hydrogen-bond acceptors (Lipinski definition) is 6. The van der Waals surface area contributed by atoms with Crippen molar-refractivity contribution in [1.82, 2.24) is 15.0 Å². The van der Waals surface area contributed by atoms with Gasteiger partial charge < -0.3 is 15.0 Å². The summed E-state index contributed by atoms with van der Waals surface area (Å²) in [5.74, 6) is 0.607. The number of ether oxygens (including phenoxy) is 1. The zero-order valence-electron chi connectivity index (χ0n) is 11.2. The minimum atomic E-state index is -0.393. The maximum absolute atomic E-state index is 13.1. The molecule has 0 fully saturated rings. The van der Waals surface area contributed by atoms with Gasteiger partial charge in [-0.25, -0.2) is 4.39 Å². The van der Waals surface area contributed by atoms with Crippen LogP contribution in [0.3, 0.4) is 0 Å². The quantitative estimate of drug-likeness (QED) is 0.935. The van der Waals surface area contributed by atoms with Crippen LogP contribution in [0, 0.1) is 5.82 Å². The van der Waals surface area contributed by atoms with E-state index in [9.17, 15) is 4.39 Å². The maximum Gasteiger partial charge on any atom is 0.233 e. The third-order valence-corrected chi connectivity index (χ3v) is 2.58. The van der Waals surface area contributed by atoms with E-state index < -0.39 is 5.82 Å². The van der Waals surface area contributed by atoms with Gasteiger partial charge in [-0.1, -0.05) is 0 Å². The SMILES string of the molecule is COc1cc(F)ccc1Nc1nc(Cl)nc(N(C)C)n1. The normalized spacial score (nSPS) is 10.2. The van der Waals surface area contributed by atoms with Crippen LogP contribution in [0.15, 0.2) is 18.2 Å². The van der Waals surface area contributed by atoms with Crippen LogP contribution in [-0.2, 0) is 0 Å². The van der Waals surface area contributed by atoms with Crippen molar-refractivity contribution in [2.45, 2.75) is 0 Å². The Bertz CT molecular complexity index is 623. The van der Waals surface area contributed by atoms with E-state index in [-0.39, 0.29) is 11.2 Å². The van der Waals surface area contributed by atoms with Crippen molar-refractivity contribution >= 4 is 29.2 Å². The lowest BCUT2D eigenvalue weighted by Gasteiger charge is -2.13. The fourth-order valence-electron chi connectivity index (χ4n) is 1.48. The summed E-state index contributed by atoms with van der Waals surface area (Å²) in [4.78, 5) is 13.8. The smallest absolute Gasteiger partial charge is 0.233 e. The molecule has 0 unspecified atom stereocenters. The van der Waals surface area contributed by atoms with Crippen molar-refractivity contribution in [3.8, 4) is 5.75 Å². The Kier molecular flexibility index (Phi) is 4.19. The molecule has 0 atom stereocenters. The van der Waals surface area contributed by atoms with Crippen LogP contribution < -0.4 is 15.0 Å². The second-order valence-corrected chi connectivity index (χ2v) is 4.43. The first-order valence-corrected chi connectivity index (χ1v) is 6.07. The van der Waals surface area contributed by atoms with Gasteiger partial charge in [0.15, 0.2) is 0 Å². The number of hydrogen-bond donors (Lipinski definition) is 1. The Morgan fingerprint density at radius 3 is 2.65 bits per heavy atom. The molecular weight excluding hydrogens is 285 g/mol. The van der Waals surface area contributed by atoms with E-state index >= 15 is 0 Å². The number of benzene rings is 1. The van der Waals surface area contributed by atoms with E-state index in [1.54, 1.807) is 19.0 Å². The number of anilines is 3. The zero-order chi connectivity index (χ0) is 14.7. The molecule has 0 amide bonds. The first-order valence-electron chi connectivity index (χ1n) is 5.69. The lowest BCUT2D eigenvalue weighted by Crippen LogP contribution is -2.14. The van der Waals surface area contributed by atoms with Gasteiger partial charge in [-0.15, -0.1) is 0 Å². The van der Waals surface area contributed by atoms with Crippen LogP contribution in [0.2, 0.25) is 5.28 Å². The molecule has 0 aliphatic heterocycles. The molecule has 0 bridgehead atoms. The standard InChI is InChI=1S/C12H13ClFN5O/c1-19(2)12-17-10(13)16-11(18-12)15-8-5-4-7(14)6-9(8)20-3/h4-6H,1-3H3,(H,15,16,17,18). The van der Waals surface area contributed by atoms with E-state index in [1.807, 2.05) is 0 Å². The average molecular weight is 298 g/mol. The molecular formula is C12H13ClFN5O. The minimum Gasteiger partial charge on any atom is -0.494 e. The number of methoxy groups -OCH3 is 1. The Balaban J connectivity index is 2.34. The van der Waals surface area contributed by atoms with Gasteiger partial charge in [-0.2, -0.15) is 15.0 Å². The van der Waals surface area contributed by atoms with E-state index in [2.05, 4.69) is 20.3 Å². The first kappa shape index (κ1) is 14.3. The molecule has 1 aromatic carbocycles. The van der Waals surface area contributed by atoms with E-state index in [0.29, 0.717) is 17.4 Å². The first-order chi connectivity index (χ1) is 9.49. The molecule has 1 aromatic heterocycles. The largest absolute Gasteiger partial charge is 0.494 e. The lowest BCUT2D eigenvalue weighted by molar-refractivity contribution is 0.413. The number of halogens is 2. The van der Waals surface area contributed by atoms with Gasteiger partial charge in [0.1, 0.15) is 11.6 Å². The van der Waals surface area contributed by atoms with Crippen LogP contribution in [0.25, 0.3) is 0 Å². The van der Waals surface area contributed by atoms with Crippen molar-refractivity contribution in [3.05, 3.63) is 29.3 Å². The fourth-order valence-corrected chi connectivity index (χ4v) is 1.64. The molecule has 0 saturated heterocycles. The van der Waals surface area contributed by atoms with Gasteiger partial charge in [-0.05, 0) is 23.7 Å². The molecule has 0 aliphatic carbocycles. The van der Waals surface area contributed by atoms with Gasteiger partial charge in [-0.3, -0.25) is 0 Å². The van der Waals surface area contributed by atoms with E-state index in [1.165, 1.54) is 25.3 Å². The molecule has 1 N–H and O–H groups in total. The van der Waals surface area contributed by atoms with Crippen LogP contribution in [-0.4, -0.2) is 36.2 Å². The summed E-state index contributed by atoms with van der Waals surface area (Å²) in [7, 11) is 5.02. The lowest BCUT2D eigenvalue weighted by atomic mass is 10.3. The predicted molar refractivity (Wildman–Crippen MR) is 75.4 cm³/mol. The number of nitrogens with one attached hydrogen (secondary N) is 1. The summed E-state index contributed by atoms with van der Waals surface area (Å²) in [5.41, 5.74) is 0.529. The minimum absolute atomic E-state index is 0.0623. The second-order valence-electron chi connectivity index (χ2n) is 4.09. The summed E-state index contributed by atoms with van der Waals surface area (Å²) in [5, 5.41) is 2.98. The van der Waals surface area contributed by atoms with Crippen LogP contribution in [0.4, 0.5) is 22.0 Å². The average Bonchev–Trinajstić information content (AvgIpc) is 2.40. The molecule has 0 saturated carbocycles. The highest BCUT2D eigenvalue weighted by molar-refractivity contribution is 6.28. The molecule has 8 heteroatoms. The Hall–Kier alpha value is -2.15. The van der Waals surface area contributed by atoms with Crippen molar-refractivity contribution in [2.24, 2.45) is 0 Å². The van der Waals surface area contributed by atoms with Crippen molar-refractivity contribution < 1.29 is 9.13 Å². The third kappa shape index (κ3) is 3.24. The van der Waals surface area contributed by atoms with Crippen LogP contribution >= 0.6 is 11.6 Å². The molecule has 20 heavy (non-hydrogen) atoms. The molecule has 0 aliphatic rings. The molecule has 0 spiro atoms. The van der Waals surface area contributed by atoms with E-state index in [4.69, 9.17) is 16.3 Å². The molecule has 2 rings (SSSR count). The van der Waals surface area contributed by atoms with Crippen molar-refractivity contribution in [2.75, 3.05) is 31.4 Å².